The maximum Gasteiger partial charge on any atom is 0.147 e. The van der Waals surface area contributed by atoms with Gasteiger partial charge in [0.15, 0.2) is 0 Å². The zero-order chi connectivity index (χ0) is 13.8. The highest BCUT2D eigenvalue weighted by atomic mass is 35.5. The number of rotatable bonds is 6. The van der Waals surface area contributed by atoms with Crippen LogP contribution in [0.2, 0.25) is 10.0 Å². The minimum atomic E-state index is -2.96. The number of halogens is 2. The van der Waals surface area contributed by atoms with E-state index in [4.69, 9.17) is 23.2 Å². The summed E-state index contributed by atoms with van der Waals surface area (Å²) in [6.45, 7) is 2.74. The third-order valence-electron chi connectivity index (χ3n) is 2.57. The first kappa shape index (κ1) is 15.8. The molecule has 0 aliphatic heterocycles. The van der Waals surface area contributed by atoms with E-state index in [0.29, 0.717) is 16.5 Å². The zero-order valence-electron chi connectivity index (χ0n) is 10.4. The second-order valence-corrected chi connectivity index (χ2v) is 7.28. The van der Waals surface area contributed by atoms with Gasteiger partial charge in [-0.3, -0.25) is 0 Å². The number of sulfone groups is 1. The van der Waals surface area contributed by atoms with Crippen LogP contribution in [0.4, 0.5) is 0 Å². The molecule has 0 radical (unpaired) electrons. The molecule has 0 saturated carbocycles. The van der Waals surface area contributed by atoms with Crippen LogP contribution in [-0.4, -0.2) is 27.0 Å². The first-order chi connectivity index (χ1) is 8.33. The minimum Gasteiger partial charge on any atom is -0.310 e. The van der Waals surface area contributed by atoms with E-state index < -0.39 is 9.84 Å². The fourth-order valence-electron chi connectivity index (χ4n) is 1.69. The molecule has 1 atom stereocenters. The van der Waals surface area contributed by atoms with Crippen molar-refractivity contribution in [3.63, 3.8) is 0 Å². The van der Waals surface area contributed by atoms with E-state index in [9.17, 15) is 8.42 Å². The Kier molecular flexibility index (Phi) is 5.92. The molecule has 0 heterocycles. The van der Waals surface area contributed by atoms with Gasteiger partial charge in [-0.1, -0.05) is 36.2 Å². The minimum absolute atomic E-state index is 0.0282. The average molecular weight is 310 g/mol. The summed E-state index contributed by atoms with van der Waals surface area (Å²) in [6, 6.07) is 5.34. The quantitative estimate of drug-likeness (QED) is 0.878. The van der Waals surface area contributed by atoms with Gasteiger partial charge in [0, 0.05) is 12.3 Å². The van der Waals surface area contributed by atoms with E-state index >= 15 is 0 Å². The van der Waals surface area contributed by atoms with Gasteiger partial charge in [0.05, 0.1) is 15.8 Å². The van der Waals surface area contributed by atoms with Gasteiger partial charge in [-0.05, 0) is 30.7 Å². The second kappa shape index (κ2) is 6.75. The van der Waals surface area contributed by atoms with Gasteiger partial charge in [0.2, 0.25) is 0 Å². The number of benzene rings is 1. The van der Waals surface area contributed by atoms with Crippen LogP contribution in [0, 0.1) is 0 Å². The van der Waals surface area contributed by atoms with Crippen molar-refractivity contribution < 1.29 is 8.42 Å². The molecule has 0 aliphatic rings. The SMILES string of the molecule is CCNC(CCS(C)(=O)=O)c1ccc(Cl)c(Cl)c1. The topological polar surface area (TPSA) is 46.2 Å². The molecule has 6 heteroatoms. The molecule has 102 valence electrons. The molecule has 1 N–H and O–H groups in total. The van der Waals surface area contributed by atoms with Crippen LogP contribution in [0.3, 0.4) is 0 Å². The lowest BCUT2D eigenvalue weighted by Gasteiger charge is -2.18. The summed E-state index contributed by atoms with van der Waals surface area (Å²) in [5, 5.41) is 4.23. The molecule has 3 nitrogen and oxygen atoms in total. The Hall–Kier alpha value is -0.290. The molecule has 18 heavy (non-hydrogen) atoms. The average Bonchev–Trinajstić information content (AvgIpc) is 2.27. The molecule has 0 spiro atoms. The molecule has 0 amide bonds. The number of nitrogens with one attached hydrogen (secondary N) is 1. The third kappa shape index (κ3) is 5.14. The first-order valence-corrected chi connectivity index (χ1v) is 8.51. The van der Waals surface area contributed by atoms with Crippen LogP contribution >= 0.6 is 23.2 Å². The predicted octanol–water partition coefficient (Wildman–Crippen LogP) is 3.08. The Labute approximate surface area is 118 Å². The maximum atomic E-state index is 11.2. The van der Waals surface area contributed by atoms with Crippen molar-refractivity contribution in [1.29, 1.82) is 0 Å². The highest BCUT2D eigenvalue weighted by molar-refractivity contribution is 7.90. The van der Waals surface area contributed by atoms with Crippen LogP contribution < -0.4 is 5.32 Å². The molecular formula is C12H17Cl2NO2S. The van der Waals surface area contributed by atoms with E-state index in [1.807, 2.05) is 13.0 Å². The lowest BCUT2D eigenvalue weighted by atomic mass is 10.0. The molecular weight excluding hydrogens is 293 g/mol. The highest BCUT2D eigenvalue weighted by Crippen LogP contribution is 2.27. The maximum absolute atomic E-state index is 11.2. The van der Waals surface area contributed by atoms with Crippen molar-refractivity contribution in [2.24, 2.45) is 0 Å². The van der Waals surface area contributed by atoms with Crippen molar-refractivity contribution in [2.45, 2.75) is 19.4 Å². The van der Waals surface area contributed by atoms with Gasteiger partial charge >= 0.3 is 0 Å². The predicted molar refractivity (Wildman–Crippen MR) is 77.2 cm³/mol. The van der Waals surface area contributed by atoms with Gasteiger partial charge in [0.25, 0.3) is 0 Å². The van der Waals surface area contributed by atoms with Crippen LogP contribution in [0.25, 0.3) is 0 Å². The summed E-state index contributed by atoms with van der Waals surface area (Å²) in [5.74, 6) is 0.144. The van der Waals surface area contributed by atoms with Gasteiger partial charge < -0.3 is 5.32 Å². The summed E-state index contributed by atoms with van der Waals surface area (Å²) in [6.07, 6.45) is 1.76. The zero-order valence-corrected chi connectivity index (χ0v) is 12.7. The summed E-state index contributed by atoms with van der Waals surface area (Å²) >= 11 is 11.8. The Morgan fingerprint density at radius 1 is 1.28 bits per heavy atom. The van der Waals surface area contributed by atoms with Crippen molar-refractivity contribution in [2.75, 3.05) is 18.6 Å². The van der Waals surface area contributed by atoms with Crippen molar-refractivity contribution in [1.82, 2.24) is 5.32 Å². The molecule has 1 rings (SSSR count). The summed E-state index contributed by atoms with van der Waals surface area (Å²) in [4.78, 5) is 0. The largest absolute Gasteiger partial charge is 0.310 e. The summed E-state index contributed by atoms with van der Waals surface area (Å²) < 4.78 is 22.4. The molecule has 1 unspecified atom stereocenters. The third-order valence-corrected chi connectivity index (χ3v) is 4.29. The smallest absolute Gasteiger partial charge is 0.147 e. The van der Waals surface area contributed by atoms with Gasteiger partial charge in [-0.25, -0.2) is 8.42 Å². The lowest BCUT2D eigenvalue weighted by molar-refractivity contribution is 0.530. The van der Waals surface area contributed by atoms with E-state index in [2.05, 4.69) is 5.32 Å². The van der Waals surface area contributed by atoms with E-state index in [1.165, 1.54) is 6.26 Å². The van der Waals surface area contributed by atoms with Crippen molar-refractivity contribution >= 4 is 33.0 Å². The van der Waals surface area contributed by atoms with Crippen molar-refractivity contribution in [3.05, 3.63) is 33.8 Å². The summed E-state index contributed by atoms with van der Waals surface area (Å²) in [7, 11) is -2.96. The molecule has 0 bridgehead atoms. The van der Waals surface area contributed by atoms with Gasteiger partial charge in [-0.2, -0.15) is 0 Å². The van der Waals surface area contributed by atoms with E-state index in [-0.39, 0.29) is 11.8 Å². The van der Waals surface area contributed by atoms with E-state index in [0.717, 1.165) is 12.1 Å². The molecule has 0 fully saturated rings. The van der Waals surface area contributed by atoms with Crippen LogP contribution in [-0.2, 0) is 9.84 Å². The Balaban J connectivity index is 2.86. The Morgan fingerprint density at radius 2 is 1.94 bits per heavy atom. The molecule has 0 aliphatic carbocycles. The normalized spacial score (nSPS) is 13.6. The van der Waals surface area contributed by atoms with E-state index in [1.54, 1.807) is 12.1 Å². The highest BCUT2D eigenvalue weighted by Gasteiger charge is 2.14. The molecule has 1 aromatic carbocycles. The molecule has 0 saturated heterocycles. The van der Waals surface area contributed by atoms with Gasteiger partial charge in [0.1, 0.15) is 9.84 Å². The molecule has 1 aromatic rings. The lowest BCUT2D eigenvalue weighted by Crippen LogP contribution is -2.23. The summed E-state index contributed by atoms with van der Waals surface area (Å²) in [5.41, 5.74) is 0.954. The molecule has 0 aromatic heterocycles. The second-order valence-electron chi connectivity index (χ2n) is 4.20. The Bertz CT molecular complexity index is 503. The number of hydrogen-bond donors (Lipinski definition) is 1. The van der Waals surface area contributed by atoms with Gasteiger partial charge in [-0.15, -0.1) is 0 Å². The van der Waals surface area contributed by atoms with Crippen LogP contribution in [0.5, 0.6) is 0 Å². The fourth-order valence-corrected chi connectivity index (χ4v) is 2.66. The van der Waals surface area contributed by atoms with Crippen LogP contribution in [0.15, 0.2) is 18.2 Å². The van der Waals surface area contributed by atoms with Crippen LogP contribution in [0.1, 0.15) is 24.9 Å². The number of hydrogen-bond acceptors (Lipinski definition) is 3. The van der Waals surface area contributed by atoms with Crippen molar-refractivity contribution in [3.8, 4) is 0 Å². The monoisotopic (exact) mass is 309 g/mol. The Morgan fingerprint density at radius 3 is 2.44 bits per heavy atom. The fraction of sp³-hybridized carbons (Fsp3) is 0.500. The standard InChI is InChI=1S/C12H17Cl2NO2S/c1-3-15-12(6-7-18(2,16)17)9-4-5-10(13)11(14)8-9/h4-5,8,12,15H,3,6-7H2,1-2H3. The first-order valence-electron chi connectivity index (χ1n) is 5.69.